The normalized spacial score (nSPS) is 47.2. The molecule has 3 saturated carbocycles. The van der Waals surface area contributed by atoms with Crippen LogP contribution in [0.4, 0.5) is 0 Å². The molecule has 1 N–H and O–H groups in total. The largest absolute Gasteiger partial charge is 0.481 e. The van der Waals surface area contributed by atoms with Crippen LogP contribution >= 0.6 is 0 Å². The van der Waals surface area contributed by atoms with Gasteiger partial charge in [-0.15, -0.1) is 0 Å². The minimum Gasteiger partial charge on any atom is -0.481 e. The van der Waals surface area contributed by atoms with E-state index in [1.165, 1.54) is 57.8 Å². The lowest BCUT2D eigenvalue weighted by molar-refractivity contribution is -0.139. The van der Waals surface area contributed by atoms with Crippen LogP contribution in [-0.4, -0.2) is 11.1 Å². The highest BCUT2D eigenvalue weighted by molar-refractivity contribution is 5.67. The summed E-state index contributed by atoms with van der Waals surface area (Å²) in [5.74, 6) is 2.88. The lowest BCUT2D eigenvalue weighted by Crippen LogP contribution is -2.50. The summed E-state index contributed by atoms with van der Waals surface area (Å²) in [7, 11) is 0. The molecular weight excluding hydrogens is 308 g/mol. The van der Waals surface area contributed by atoms with E-state index in [2.05, 4.69) is 26.8 Å². The summed E-state index contributed by atoms with van der Waals surface area (Å²) in [5.41, 5.74) is 2.65. The second kappa shape index (κ2) is 6.13. The Kier molecular flexibility index (Phi) is 4.32. The summed E-state index contributed by atoms with van der Waals surface area (Å²) < 4.78 is 0. The van der Waals surface area contributed by atoms with Crippen LogP contribution < -0.4 is 0 Å². The van der Waals surface area contributed by atoms with Gasteiger partial charge < -0.3 is 5.11 Å². The molecule has 0 aromatic carbocycles. The summed E-state index contributed by atoms with van der Waals surface area (Å²) in [5, 5.41) is 9.27. The van der Waals surface area contributed by atoms with Gasteiger partial charge in [0, 0.05) is 6.42 Å². The first kappa shape index (κ1) is 17.6. The molecule has 0 bridgehead atoms. The van der Waals surface area contributed by atoms with Crippen molar-refractivity contribution in [1.82, 2.24) is 0 Å². The molecule has 2 nitrogen and oxygen atoms in total. The Labute approximate surface area is 153 Å². The van der Waals surface area contributed by atoms with Gasteiger partial charge in [-0.3, -0.25) is 4.79 Å². The average molecular weight is 345 g/mol. The Bertz CT molecular complexity index is 579. The number of hydrogen-bond donors (Lipinski definition) is 1. The molecule has 0 aliphatic heterocycles. The molecule has 140 valence electrons. The molecule has 0 spiro atoms. The molecular formula is C23H36O2. The summed E-state index contributed by atoms with van der Waals surface area (Å²) in [6.45, 7) is 7.29. The minimum absolute atomic E-state index is 0.323. The molecule has 7 atom stereocenters. The zero-order chi connectivity index (χ0) is 17.8. The maximum absolute atomic E-state index is 11.3. The zero-order valence-corrected chi connectivity index (χ0v) is 16.4. The maximum Gasteiger partial charge on any atom is 0.303 e. The van der Waals surface area contributed by atoms with Gasteiger partial charge in [0.05, 0.1) is 0 Å². The standard InChI is InChI=1S/C23H36O2/c1-15(14-21(24)25)18-9-10-19-17-8-7-16-6-4-5-12-22(16,2)20(17)11-13-23(18,19)3/h7,15,17-20H,4-6,8-14H2,1-3H3,(H,24,25)/t15-,17+,18-,19+,20+,22+,23-/m1/s1. The number of hydrogen-bond acceptors (Lipinski definition) is 1. The monoisotopic (exact) mass is 344 g/mol. The topological polar surface area (TPSA) is 37.3 Å². The Morgan fingerprint density at radius 2 is 2.00 bits per heavy atom. The molecule has 4 aliphatic carbocycles. The van der Waals surface area contributed by atoms with Crippen molar-refractivity contribution in [2.45, 2.75) is 85.0 Å². The van der Waals surface area contributed by atoms with Crippen molar-refractivity contribution in [3.63, 3.8) is 0 Å². The summed E-state index contributed by atoms with van der Waals surface area (Å²) in [6.07, 6.45) is 15.2. The second-order valence-electron chi connectivity index (χ2n) is 10.3. The van der Waals surface area contributed by atoms with Crippen molar-refractivity contribution in [2.75, 3.05) is 0 Å². The number of fused-ring (bicyclic) bond motifs is 5. The van der Waals surface area contributed by atoms with Gasteiger partial charge >= 0.3 is 5.97 Å². The zero-order valence-electron chi connectivity index (χ0n) is 16.4. The van der Waals surface area contributed by atoms with E-state index < -0.39 is 5.97 Å². The van der Waals surface area contributed by atoms with Crippen LogP contribution in [0.5, 0.6) is 0 Å². The van der Waals surface area contributed by atoms with Crippen LogP contribution in [0.2, 0.25) is 0 Å². The third-order valence-electron chi connectivity index (χ3n) is 9.27. The van der Waals surface area contributed by atoms with Crippen LogP contribution in [-0.2, 0) is 4.79 Å². The van der Waals surface area contributed by atoms with Crippen LogP contribution in [0.25, 0.3) is 0 Å². The third kappa shape index (κ3) is 2.61. The van der Waals surface area contributed by atoms with Crippen LogP contribution in [0.15, 0.2) is 11.6 Å². The molecule has 4 aliphatic rings. The molecule has 0 saturated heterocycles. The van der Waals surface area contributed by atoms with Crippen LogP contribution in [0.1, 0.15) is 85.0 Å². The molecule has 0 aromatic heterocycles. The van der Waals surface area contributed by atoms with E-state index in [0.29, 0.717) is 29.1 Å². The molecule has 3 fully saturated rings. The number of carboxylic acid groups (broad SMARTS) is 1. The lowest BCUT2D eigenvalue weighted by Gasteiger charge is -2.58. The van der Waals surface area contributed by atoms with Gasteiger partial charge in [-0.25, -0.2) is 0 Å². The SMILES string of the molecule is C[C@H](CC(=O)O)[C@H]1CC[C@H]2[C@@H]3CC=C4CCCC[C@]4(C)[C@H]3CC[C@]12C. The van der Waals surface area contributed by atoms with Crippen molar-refractivity contribution < 1.29 is 9.90 Å². The van der Waals surface area contributed by atoms with Crippen molar-refractivity contribution in [3.05, 3.63) is 11.6 Å². The molecule has 0 amide bonds. The first-order chi connectivity index (χ1) is 11.9. The fourth-order valence-corrected chi connectivity index (χ4v) is 8.09. The fraction of sp³-hybridized carbons (Fsp3) is 0.870. The molecule has 25 heavy (non-hydrogen) atoms. The number of carboxylic acids is 1. The summed E-state index contributed by atoms with van der Waals surface area (Å²) in [6, 6.07) is 0. The Hall–Kier alpha value is -0.790. The van der Waals surface area contributed by atoms with Crippen molar-refractivity contribution >= 4 is 5.97 Å². The number of allylic oxidation sites excluding steroid dienone is 2. The van der Waals surface area contributed by atoms with Gasteiger partial charge in [0.1, 0.15) is 0 Å². The van der Waals surface area contributed by atoms with Crippen LogP contribution in [0.3, 0.4) is 0 Å². The highest BCUT2D eigenvalue weighted by atomic mass is 16.4. The third-order valence-corrected chi connectivity index (χ3v) is 9.27. The van der Waals surface area contributed by atoms with Crippen LogP contribution in [0, 0.1) is 40.4 Å². The molecule has 0 heterocycles. The smallest absolute Gasteiger partial charge is 0.303 e. The van der Waals surface area contributed by atoms with E-state index in [1.54, 1.807) is 5.57 Å². The van der Waals surface area contributed by atoms with Gasteiger partial charge in [0.2, 0.25) is 0 Å². The number of carbonyl (C=O) groups is 1. The molecule has 2 heteroatoms. The van der Waals surface area contributed by atoms with Gasteiger partial charge in [0.15, 0.2) is 0 Å². The van der Waals surface area contributed by atoms with Gasteiger partial charge in [-0.05, 0) is 91.8 Å². The number of rotatable bonds is 3. The maximum atomic E-state index is 11.3. The summed E-state index contributed by atoms with van der Waals surface area (Å²) >= 11 is 0. The Morgan fingerprint density at radius 1 is 1.20 bits per heavy atom. The van der Waals surface area contributed by atoms with Gasteiger partial charge in [0.25, 0.3) is 0 Å². The van der Waals surface area contributed by atoms with Gasteiger partial charge in [-0.1, -0.05) is 38.8 Å². The van der Waals surface area contributed by atoms with E-state index in [1.807, 2.05) is 0 Å². The lowest BCUT2D eigenvalue weighted by atomic mass is 9.47. The predicted molar refractivity (Wildman–Crippen MR) is 101 cm³/mol. The van der Waals surface area contributed by atoms with E-state index in [9.17, 15) is 9.90 Å². The predicted octanol–water partition coefficient (Wildman–Crippen LogP) is 6.07. The Morgan fingerprint density at radius 3 is 2.76 bits per heavy atom. The average Bonchev–Trinajstić information content (AvgIpc) is 2.91. The van der Waals surface area contributed by atoms with E-state index >= 15 is 0 Å². The van der Waals surface area contributed by atoms with Crippen molar-refractivity contribution in [3.8, 4) is 0 Å². The first-order valence-electron chi connectivity index (χ1n) is 10.8. The number of aliphatic carboxylic acids is 1. The van der Waals surface area contributed by atoms with E-state index in [-0.39, 0.29) is 0 Å². The molecule has 0 unspecified atom stereocenters. The first-order valence-corrected chi connectivity index (χ1v) is 10.8. The molecule has 0 radical (unpaired) electrons. The highest BCUT2D eigenvalue weighted by Crippen LogP contribution is 2.67. The molecule has 4 rings (SSSR count). The Balaban J connectivity index is 1.59. The van der Waals surface area contributed by atoms with E-state index in [4.69, 9.17) is 0 Å². The van der Waals surface area contributed by atoms with Crippen molar-refractivity contribution in [2.24, 2.45) is 40.4 Å². The highest BCUT2D eigenvalue weighted by Gasteiger charge is 2.58. The van der Waals surface area contributed by atoms with E-state index in [0.717, 1.165) is 17.8 Å². The van der Waals surface area contributed by atoms with Crippen molar-refractivity contribution in [1.29, 1.82) is 0 Å². The quantitative estimate of drug-likeness (QED) is 0.631. The second-order valence-corrected chi connectivity index (χ2v) is 10.3. The summed E-state index contributed by atoms with van der Waals surface area (Å²) in [4.78, 5) is 11.3. The van der Waals surface area contributed by atoms with Gasteiger partial charge in [-0.2, -0.15) is 0 Å². The minimum atomic E-state index is -0.617. The molecule has 0 aromatic rings. The fourth-order valence-electron chi connectivity index (χ4n) is 8.09.